The monoisotopic (exact) mass is 435 g/mol. The number of hydrogen-bond donors (Lipinski definition) is 1. The second-order valence-corrected chi connectivity index (χ2v) is 10.4. The minimum atomic E-state index is -3.58. The smallest absolute Gasteiger partial charge is 0.251 e. The number of hydrogen-bond acceptors (Lipinski definition) is 5. The van der Waals surface area contributed by atoms with Gasteiger partial charge in [-0.3, -0.25) is 4.79 Å². The first-order chi connectivity index (χ1) is 13.9. The molecule has 0 aliphatic carbocycles. The highest BCUT2D eigenvalue weighted by Gasteiger charge is 2.31. The van der Waals surface area contributed by atoms with Crippen LogP contribution in [0.3, 0.4) is 0 Å². The molecule has 2 heterocycles. The van der Waals surface area contributed by atoms with E-state index >= 15 is 0 Å². The van der Waals surface area contributed by atoms with Gasteiger partial charge in [0.15, 0.2) is 0 Å². The maximum Gasteiger partial charge on any atom is 0.251 e. The van der Waals surface area contributed by atoms with Crippen molar-refractivity contribution in [3.63, 3.8) is 0 Å². The van der Waals surface area contributed by atoms with Gasteiger partial charge in [0, 0.05) is 35.8 Å². The van der Waals surface area contributed by atoms with Crippen molar-refractivity contribution < 1.29 is 13.2 Å². The number of benzene rings is 1. The average molecular weight is 436 g/mol. The summed E-state index contributed by atoms with van der Waals surface area (Å²) in [6.07, 6.45) is 5.53. The maximum absolute atomic E-state index is 13.0. The van der Waals surface area contributed by atoms with E-state index in [9.17, 15) is 13.2 Å². The molecule has 1 N–H and O–H groups in total. The van der Waals surface area contributed by atoms with Crippen molar-refractivity contribution in [2.75, 3.05) is 13.1 Å². The number of amides is 1. The molecule has 0 saturated carbocycles. The summed E-state index contributed by atoms with van der Waals surface area (Å²) < 4.78 is 27.6. The van der Waals surface area contributed by atoms with Crippen LogP contribution >= 0.6 is 11.3 Å². The topological polar surface area (TPSA) is 79.4 Å². The number of thiazole rings is 1. The summed E-state index contributed by atoms with van der Waals surface area (Å²) in [6, 6.07) is 6.36. The van der Waals surface area contributed by atoms with E-state index in [4.69, 9.17) is 0 Å². The molecule has 1 unspecified atom stereocenters. The van der Waals surface area contributed by atoms with Crippen LogP contribution in [0.2, 0.25) is 0 Å². The first-order valence-corrected chi connectivity index (χ1v) is 12.5. The van der Waals surface area contributed by atoms with Crippen LogP contribution in [0.4, 0.5) is 0 Å². The molecule has 1 amide bonds. The number of carbonyl (C=O) groups excluding carboxylic acids is 1. The lowest BCUT2D eigenvalue weighted by molar-refractivity contribution is 0.0953. The Kier molecular flexibility index (Phi) is 7.43. The van der Waals surface area contributed by atoms with E-state index in [0.717, 1.165) is 49.2 Å². The van der Waals surface area contributed by atoms with Crippen LogP contribution in [-0.4, -0.2) is 42.7 Å². The van der Waals surface area contributed by atoms with Crippen molar-refractivity contribution in [1.29, 1.82) is 0 Å². The lowest BCUT2D eigenvalue weighted by Crippen LogP contribution is -2.42. The highest BCUT2D eigenvalue weighted by molar-refractivity contribution is 7.89. The largest absolute Gasteiger partial charge is 0.352 e. The summed E-state index contributed by atoms with van der Waals surface area (Å²) in [7, 11) is -3.58. The zero-order valence-electron chi connectivity index (χ0n) is 17.1. The van der Waals surface area contributed by atoms with Gasteiger partial charge in [-0.1, -0.05) is 12.5 Å². The Morgan fingerprint density at radius 3 is 2.86 bits per heavy atom. The molecule has 1 aromatic carbocycles. The summed E-state index contributed by atoms with van der Waals surface area (Å²) in [5.74, 6) is -0.237. The third-order valence-corrected chi connectivity index (χ3v) is 8.25. The van der Waals surface area contributed by atoms with E-state index in [0.29, 0.717) is 18.7 Å². The molecule has 1 fully saturated rings. The normalized spacial score (nSPS) is 17.9. The number of rotatable bonds is 8. The van der Waals surface area contributed by atoms with Gasteiger partial charge in [0.1, 0.15) is 0 Å². The molecule has 1 aromatic heterocycles. The van der Waals surface area contributed by atoms with Gasteiger partial charge in [0.2, 0.25) is 10.0 Å². The Labute approximate surface area is 177 Å². The molecule has 1 saturated heterocycles. The van der Waals surface area contributed by atoms with Gasteiger partial charge in [-0.2, -0.15) is 4.31 Å². The number of carbonyl (C=O) groups is 1. The second kappa shape index (κ2) is 9.82. The third kappa shape index (κ3) is 5.65. The summed E-state index contributed by atoms with van der Waals surface area (Å²) in [4.78, 5) is 17.1. The Bertz CT molecular complexity index is 940. The fraction of sp³-hybridized carbons (Fsp3) is 0.524. The Balaban J connectivity index is 1.54. The molecule has 1 aliphatic heterocycles. The zero-order chi connectivity index (χ0) is 20.9. The number of nitrogens with one attached hydrogen (secondary N) is 1. The summed E-state index contributed by atoms with van der Waals surface area (Å²) in [5.41, 5.74) is 1.43. The van der Waals surface area contributed by atoms with Crippen LogP contribution in [0, 0.1) is 6.92 Å². The van der Waals surface area contributed by atoms with Gasteiger partial charge in [-0.05, 0) is 64.2 Å². The van der Waals surface area contributed by atoms with Gasteiger partial charge in [0.05, 0.1) is 9.90 Å². The van der Waals surface area contributed by atoms with Gasteiger partial charge in [-0.15, -0.1) is 11.3 Å². The molecule has 1 aliphatic rings. The molecule has 3 rings (SSSR count). The zero-order valence-corrected chi connectivity index (χ0v) is 18.7. The molecular formula is C21H29N3O3S2. The lowest BCUT2D eigenvalue weighted by atomic mass is 10.1. The van der Waals surface area contributed by atoms with Crippen molar-refractivity contribution in [2.24, 2.45) is 0 Å². The molecule has 1 atom stereocenters. The molecule has 0 spiro atoms. The van der Waals surface area contributed by atoms with E-state index in [1.54, 1.807) is 33.8 Å². The van der Waals surface area contributed by atoms with E-state index in [1.807, 2.05) is 19.2 Å². The molecule has 29 heavy (non-hydrogen) atoms. The minimum absolute atomic E-state index is 0.00662. The van der Waals surface area contributed by atoms with Gasteiger partial charge in [0.25, 0.3) is 5.91 Å². The molecule has 2 aromatic rings. The van der Waals surface area contributed by atoms with Crippen molar-refractivity contribution in [2.45, 2.75) is 63.3 Å². The quantitative estimate of drug-likeness (QED) is 0.640. The van der Waals surface area contributed by atoms with Crippen molar-refractivity contribution in [3.05, 3.63) is 45.9 Å². The molecule has 8 heteroatoms. The lowest BCUT2D eigenvalue weighted by Gasteiger charge is -2.32. The van der Waals surface area contributed by atoms with Gasteiger partial charge < -0.3 is 5.32 Å². The molecule has 158 valence electrons. The Morgan fingerprint density at radius 2 is 2.14 bits per heavy atom. The van der Waals surface area contributed by atoms with Gasteiger partial charge in [-0.25, -0.2) is 13.4 Å². The van der Waals surface area contributed by atoms with Crippen LogP contribution in [0.25, 0.3) is 0 Å². The first-order valence-electron chi connectivity index (χ1n) is 10.2. The van der Waals surface area contributed by atoms with Crippen molar-refractivity contribution in [1.82, 2.24) is 14.6 Å². The number of aryl methyl sites for hydroxylation is 2. The van der Waals surface area contributed by atoms with E-state index < -0.39 is 10.0 Å². The standard InChI is InChI=1S/C21H29N3O3S2/c1-16-15-28-20(23-16)11-3-5-12-22-21(25)18-9-7-10-19(14-18)29(26,27)24-13-6-4-8-17(24)2/h7,9-10,14-15,17H,3-6,8,11-13H2,1-2H3,(H,22,25). The Hall–Kier alpha value is -1.77. The van der Waals surface area contributed by atoms with Crippen molar-refractivity contribution in [3.8, 4) is 0 Å². The van der Waals surface area contributed by atoms with Crippen LogP contribution in [0.1, 0.15) is 60.1 Å². The average Bonchev–Trinajstić information content (AvgIpc) is 3.13. The molecule has 0 bridgehead atoms. The highest BCUT2D eigenvalue weighted by atomic mass is 32.2. The number of aromatic nitrogens is 1. The third-order valence-electron chi connectivity index (χ3n) is 5.21. The summed E-state index contributed by atoms with van der Waals surface area (Å²) >= 11 is 1.67. The fourth-order valence-electron chi connectivity index (χ4n) is 3.58. The van der Waals surface area contributed by atoms with Crippen LogP contribution < -0.4 is 5.32 Å². The maximum atomic E-state index is 13.0. The second-order valence-electron chi connectivity index (χ2n) is 7.58. The van der Waals surface area contributed by atoms with Crippen LogP contribution in [-0.2, 0) is 16.4 Å². The predicted octanol–water partition coefficient (Wildman–Crippen LogP) is 3.77. The molecule has 6 nitrogen and oxygen atoms in total. The number of nitrogens with zero attached hydrogens (tertiary/aromatic N) is 2. The predicted molar refractivity (Wildman–Crippen MR) is 116 cm³/mol. The van der Waals surface area contributed by atoms with E-state index in [2.05, 4.69) is 10.3 Å². The summed E-state index contributed by atoms with van der Waals surface area (Å²) in [5, 5.41) is 6.06. The number of piperidine rings is 1. The minimum Gasteiger partial charge on any atom is -0.352 e. The van der Waals surface area contributed by atoms with E-state index in [-0.39, 0.29) is 16.8 Å². The molecular weight excluding hydrogens is 406 g/mol. The van der Waals surface area contributed by atoms with E-state index in [1.165, 1.54) is 6.07 Å². The van der Waals surface area contributed by atoms with Crippen molar-refractivity contribution >= 4 is 27.3 Å². The SMILES string of the molecule is Cc1csc(CCCCNC(=O)c2cccc(S(=O)(=O)N3CCCCC3C)c2)n1. The Morgan fingerprint density at radius 1 is 1.31 bits per heavy atom. The van der Waals surface area contributed by atoms with Gasteiger partial charge >= 0.3 is 0 Å². The number of sulfonamides is 1. The van der Waals surface area contributed by atoms with Crippen LogP contribution in [0.15, 0.2) is 34.5 Å². The summed E-state index contributed by atoms with van der Waals surface area (Å²) in [6.45, 7) is 5.03. The fourth-order valence-corrected chi connectivity index (χ4v) is 6.15. The number of unbranched alkanes of at least 4 members (excludes halogenated alkanes) is 1. The molecule has 0 radical (unpaired) electrons. The van der Waals surface area contributed by atoms with Crippen LogP contribution in [0.5, 0.6) is 0 Å². The first kappa shape index (κ1) is 21.9. The highest BCUT2D eigenvalue weighted by Crippen LogP contribution is 2.25.